The second kappa shape index (κ2) is 7.92. The van der Waals surface area contributed by atoms with Gasteiger partial charge < -0.3 is 20.3 Å². The number of halogens is 1. The Morgan fingerprint density at radius 1 is 1.22 bits per heavy atom. The number of nitrogens with two attached hydrogens (primary N) is 1. The summed E-state index contributed by atoms with van der Waals surface area (Å²) in [7, 11) is 0. The van der Waals surface area contributed by atoms with E-state index < -0.39 is 5.82 Å². The van der Waals surface area contributed by atoms with Gasteiger partial charge in [-0.25, -0.2) is 4.39 Å². The zero-order valence-electron chi connectivity index (χ0n) is 13.3. The van der Waals surface area contributed by atoms with E-state index in [4.69, 9.17) is 10.5 Å². The van der Waals surface area contributed by atoms with Gasteiger partial charge in [-0.05, 0) is 31.2 Å². The van der Waals surface area contributed by atoms with Crippen molar-refractivity contribution in [2.24, 2.45) is 5.73 Å². The third-order valence-corrected chi connectivity index (χ3v) is 3.79. The van der Waals surface area contributed by atoms with E-state index in [1.165, 1.54) is 25.1 Å². The summed E-state index contributed by atoms with van der Waals surface area (Å²) >= 11 is 0. The molecule has 6 nitrogen and oxygen atoms in total. The van der Waals surface area contributed by atoms with E-state index in [1.807, 2.05) is 0 Å². The van der Waals surface area contributed by atoms with Crippen molar-refractivity contribution < 1.29 is 18.7 Å². The fourth-order valence-electron chi connectivity index (χ4n) is 2.46. The highest BCUT2D eigenvalue weighted by Gasteiger charge is 2.25. The molecule has 1 aliphatic heterocycles. The van der Waals surface area contributed by atoms with Crippen LogP contribution in [-0.4, -0.2) is 60.9 Å². The number of carbonyl (C=O) groups is 2. The van der Waals surface area contributed by atoms with Crippen LogP contribution in [0.25, 0.3) is 0 Å². The third-order valence-electron chi connectivity index (χ3n) is 3.79. The van der Waals surface area contributed by atoms with E-state index in [1.54, 1.807) is 9.80 Å². The lowest BCUT2D eigenvalue weighted by molar-refractivity contribution is -0.130. The van der Waals surface area contributed by atoms with Crippen molar-refractivity contribution in [3.8, 4) is 5.75 Å². The Balaban J connectivity index is 2.09. The van der Waals surface area contributed by atoms with Crippen LogP contribution in [0.5, 0.6) is 5.75 Å². The van der Waals surface area contributed by atoms with Gasteiger partial charge in [-0.15, -0.1) is 0 Å². The van der Waals surface area contributed by atoms with Gasteiger partial charge in [-0.3, -0.25) is 9.59 Å². The van der Waals surface area contributed by atoms with Crippen LogP contribution in [0.15, 0.2) is 18.2 Å². The Morgan fingerprint density at radius 2 is 1.87 bits per heavy atom. The van der Waals surface area contributed by atoms with Crippen molar-refractivity contribution in [3.05, 3.63) is 29.6 Å². The van der Waals surface area contributed by atoms with Crippen molar-refractivity contribution in [1.29, 1.82) is 0 Å². The zero-order valence-corrected chi connectivity index (χ0v) is 13.3. The summed E-state index contributed by atoms with van der Waals surface area (Å²) < 4.78 is 19.1. The Bertz CT molecular complexity index is 572. The molecule has 0 spiro atoms. The quantitative estimate of drug-likeness (QED) is 0.816. The zero-order chi connectivity index (χ0) is 16.8. The summed E-state index contributed by atoms with van der Waals surface area (Å²) in [5.74, 6) is -0.412. The SMILES string of the molecule is CC(=O)N1CCN(C(=O)c2cc(F)ccc2OCCCN)CC1. The van der Waals surface area contributed by atoms with Crippen LogP contribution in [-0.2, 0) is 4.79 Å². The summed E-state index contributed by atoms with van der Waals surface area (Å²) in [6.07, 6.45) is 0.655. The smallest absolute Gasteiger partial charge is 0.257 e. The number of nitrogens with zero attached hydrogens (tertiary/aromatic N) is 2. The van der Waals surface area contributed by atoms with E-state index in [2.05, 4.69) is 0 Å². The molecule has 0 saturated carbocycles. The lowest BCUT2D eigenvalue weighted by atomic mass is 10.1. The molecule has 1 saturated heterocycles. The molecule has 0 bridgehead atoms. The highest BCUT2D eigenvalue weighted by Crippen LogP contribution is 2.22. The van der Waals surface area contributed by atoms with E-state index in [0.29, 0.717) is 51.5 Å². The van der Waals surface area contributed by atoms with E-state index in [9.17, 15) is 14.0 Å². The first-order chi connectivity index (χ1) is 11.0. The fourth-order valence-corrected chi connectivity index (χ4v) is 2.46. The summed E-state index contributed by atoms with van der Waals surface area (Å²) in [6, 6.07) is 3.92. The minimum atomic E-state index is -0.484. The lowest BCUT2D eigenvalue weighted by Gasteiger charge is -2.34. The molecule has 1 fully saturated rings. The van der Waals surface area contributed by atoms with E-state index in [0.717, 1.165) is 0 Å². The first-order valence-corrected chi connectivity index (χ1v) is 7.70. The summed E-state index contributed by atoms with van der Waals surface area (Å²) in [4.78, 5) is 27.3. The number of hydrogen-bond acceptors (Lipinski definition) is 4. The Kier molecular flexibility index (Phi) is 5.92. The van der Waals surface area contributed by atoms with Gasteiger partial charge in [0.1, 0.15) is 11.6 Å². The van der Waals surface area contributed by atoms with Crippen LogP contribution in [0.4, 0.5) is 4.39 Å². The highest BCUT2D eigenvalue weighted by atomic mass is 19.1. The molecule has 0 aromatic heterocycles. The van der Waals surface area contributed by atoms with Gasteiger partial charge in [0, 0.05) is 33.1 Å². The maximum Gasteiger partial charge on any atom is 0.257 e. The number of piperazine rings is 1. The maximum atomic E-state index is 13.5. The Morgan fingerprint density at radius 3 is 2.48 bits per heavy atom. The molecule has 7 heteroatoms. The van der Waals surface area contributed by atoms with Crippen LogP contribution in [0.1, 0.15) is 23.7 Å². The second-order valence-corrected chi connectivity index (χ2v) is 5.43. The Labute approximate surface area is 135 Å². The van der Waals surface area contributed by atoms with Crippen LogP contribution in [0.3, 0.4) is 0 Å². The van der Waals surface area contributed by atoms with Gasteiger partial charge >= 0.3 is 0 Å². The number of ether oxygens (including phenoxy) is 1. The molecule has 0 radical (unpaired) electrons. The normalized spacial score (nSPS) is 14.7. The number of amides is 2. The number of hydrogen-bond donors (Lipinski definition) is 1. The molecule has 2 N–H and O–H groups in total. The van der Waals surface area contributed by atoms with E-state index in [-0.39, 0.29) is 17.4 Å². The summed E-state index contributed by atoms with van der Waals surface area (Å²) in [5, 5.41) is 0. The van der Waals surface area contributed by atoms with Gasteiger partial charge in [0.25, 0.3) is 5.91 Å². The maximum absolute atomic E-state index is 13.5. The minimum absolute atomic E-state index is 0.00587. The lowest BCUT2D eigenvalue weighted by Crippen LogP contribution is -2.50. The fraction of sp³-hybridized carbons (Fsp3) is 0.500. The van der Waals surface area contributed by atoms with Gasteiger partial charge in [-0.1, -0.05) is 0 Å². The standard InChI is InChI=1S/C16H22FN3O3/c1-12(21)19-6-8-20(9-7-19)16(22)14-11-13(17)3-4-15(14)23-10-2-5-18/h3-4,11H,2,5-10,18H2,1H3. The largest absolute Gasteiger partial charge is 0.493 e. The highest BCUT2D eigenvalue weighted by molar-refractivity contribution is 5.97. The second-order valence-electron chi connectivity index (χ2n) is 5.43. The molecule has 23 heavy (non-hydrogen) atoms. The average molecular weight is 323 g/mol. The molecule has 0 unspecified atom stereocenters. The summed E-state index contributed by atoms with van der Waals surface area (Å²) in [6.45, 7) is 4.19. The van der Waals surface area contributed by atoms with E-state index >= 15 is 0 Å². The first kappa shape index (κ1) is 17.2. The van der Waals surface area contributed by atoms with Crippen LogP contribution in [0, 0.1) is 5.82 Å². The van der Waals surface area contributed by atoms with Crippen LogP contribution >= 0.6 is 0 Å². The molecule has 0 aliphatic carbocycles. The average Bonchev–Trinajstić information content (AvgIpc) is 2.55. The molecule has 1 aliphatic rings. The Hall–Kier alpha value is -2.15. The molecule has 1 heterocycles. The van der Waals surface area contributed by atoms with Crippen molar-refractivity contribution in [2.45, 2.75) is 13.3 Å². The predicted molar refractivity (Wildman–Crippen MR) is 83.7 cm³/mol. The van der Waals surface area contributed by atoms with Crippen LogP contribution < -0.4 is 10.5 Å². The van der Waals surface area contributed by atoms with Gasteiger partial charge in [0.15, 0.2) is 0 Å². The topological polar surface area (TPSA) is 75.9 Å². The van der Waals surface area contributed by atoms with Crippen molar-refractivity contribution in [3.63, 3.8) is 0 Å². The number of benzene rings is 1. The predicted octanol–water partition coefficient (Wildman–Crippen LogP) is 0.858. The number of rotatable bonds is 5. The molecule has 1 aromatic rings. The van der Waals surface area contributed by atoms with Crippen LogP contribution in [0.2, 0.25) is 0 Å². The van der Waals surface area contributed by atoms with Crippen molar-refractivity contribution in [2.75, 3.05) is 39.3 Å². The van der Waals surface area contributed by atoms with Crippen molar-refractivity contribution in [1.82, 2.24) is 9.80 Å². The van der Waals surface area contributed by atoms with Gasteiger partial charge in [0.2, 0.25) is 5.91 Å². The first-order valence-electron chi connectivity index (χ1n) is 7.70. The molecular formula is C16H22FN3O3. The molecule has 2 amide bonds. The minimum Gasteiger partial charge on any atom is -0.493 e. The molecule has 1 aromatic carbocycles. The summed E-state index contributed by atoms with van der Waals surface area (Å²) in [5.41, 5.74) is 5.63. The van der Waals surface area contributed by atoms with Gasteiger partial charge in [0.05, 0.1) is 12.2 Å². The van der Waals surface area contributed by atoms with Gasteiger partial charge in [-0.2, -0.15) is 0 Å². The molecule has 126 valence electrons. The third kappa shape index (κ3) is 4.41. The number of carbonyl (C=O) groups excluding carboxylic acids is 2. The molecule has 2 rings (SSSR count). The monoisotopic (exact) mass is 323 g/mol. The molecular weight excluding hydrogens is 301 g/mol. The molecule has 0 atom stereocenters. The van der Waals surface area contributed by atoms with Crippen molar-refractivity contribution >= 4 is 11.8 Å².